The SMILES string of the molecule is Cc1c[nH]c(=S)n1-c1ccc(Br)cc1. The van der Waals surface area contributed by atoms with Gasteiger partial charge in [-0.15, -0.1) is 0 Å². The lowest BCUT2D eigenvalue weighted by Crippen LogP contribution is -1.95. The molecule has 4 heteroatoms. The molecule has 0 fully saturated rings. The maximum atomic E-state index is 5.18. The summed E-state index contributed by atoms with van der Waals surface area (Å²) < 4.78 is 3.80. The summed E-state index contributed by atoms with van der Waals surface area (Å²) in [6.45, 7) is 2.02. The highest BCUT2D eigenvalue weighted by Gasteiger charge is 2.01. The molecule has 0 bridgehead atoms. The van der Waals surface area contributed by atoms with Gasteiger partial charge < -0.3 is 4.98 Å². The van der Waals surface area contributed by atoms with Crippen molar-refractivity contribution in [3.8, 4) is 5.69 Å². The molecular weight excluding hydrogens is 260 g/mol. The van der Waals surface area contributed by atoms with Gasteiger partial charge in [0.1, 0.15) is 0 Å². The van der Waals surface area contributed by atoms with Crippen molar-refractivity contribution in [3.63, 3.8) is 0 Å². The fourth-order valence-corrected chi connectivity index (χ4v) is 1.94. The van der Waals surface area contributed by atoms with Crippen LogP contribution in [0.15, 0.2) is 34.9 Å². The van der Waals surface area contributed by atoms with Crippen molar-refractivity contribution in [2.75, 3.05) is 0 Å². The molecule has 1 heterocycles. The van der Waals surface area contributed by atoms with Crippen LogP contribution in [-0.2, 0) is 0 Å². The number of H-pyrrole nitrogens is 1. The van der Waals surface area contributed by atoms with Crippen LogP contribution >= 0.6 is 28.1 Å². The van der Waals surface area contributed by atoms with Crippen LogP contribution in [-0.4, -0.2) is 9.55 Å². The Balaban J connectivity index is 2.60. The largest absolute Gasteiger partial charge is 0.337 e. The van der Waals surface area contributed by atoms with Gasteiger partial charge in [0.25, 0.3) is 0 Å². The minimum atomic E-state index is 0.727. The number of imidazole rings is 1. The first-order chi connectivity index (χ1) is 6.68. The van der Waals surface area contributed by atoms with E-state index in [1.807, 2.05) is 42.0 Å². The van der Waals surface area contributed by atoms with Crippen molar-refractivity contribution in [1.29, 1.82) is 0 Å². The van der Waals surface area contributed by atoms with Gasteiger partial charge in [-0.1, -0.05) is 15.9 Å². The van der Waals surface area contributed by atoms with E-state index in [0.717, 1.165) is 20.6 Å². The second kappa shape index (κ2) is 3.71. The number of hydrogen-bond acceptors (Lipinski definition) is 1. The summed E-state index contributed by atoms with van der Waals surface area (Å²) in [4.78, 5) is 3.02. The minimum Gasteiger partial charge on any atom is -0.337 e. The van der Waals surface area contributed by atoms with E-state index in [2.05, 4.69) is 20.9 Å². The van der Waals surface area contributed by atoms with Crippen LogP contribution in [0.3, 0.4) is 0 Å². The normalized spacial score (nSPS) is 10.4. The molecule has 2 aromatic rings. The van der Waals surface area contributed by atoms with Crippen molar-refractivity contribution in [2.45, 2.75) is 6.92 Å². The second-order valence-electron chi connectivity index (χ2n) is 3.05. The van der Waals surface area contributed by atoms with Crippen molar-refractivity contribution in [1.82, 2.24) is 9.55 Å². The van der Waals surface area contributed by atoms with Crippen LogP contribution in [0.1, 0.15) is 5.69 Å². The fraction of sp³-hybridized carbons (Fsp3) is 0.100. The average Bonchev–Trinajstić information content (AvgIpc) is 2.49. The summed E-state index contributed by atoms with van der Waals surface area (Å²) in [6, 6.07) is 8.06. The predicted octanol–water partition coefficient (Wildman–Crippen LogP) is 3.61. The zero-order valence-electron chi connectivity index (χ0n) is 7.62. The molecule has 1 N–H and O–H groups in total. The zero-order chi connectivity index (χ0) is 10.1. The van der Waals surface area contributed by atoms with Gasteiger partial charge in [-0.05, 0) is 43.4 Å². The quantitative estimate of drug-likeness (QED) is 0.784. The van der Waals surface area contributed by atoms with Crippen molar-refractivity contribution in [2.24, 2.45) is 0 Å². The summed E-state index contributed by atoms with van der Waals surface area (Å²) in [5.41, 5.74) is 2.19. The third kappa shape index (κ3) is 1.67. The average molecular weight is 269 g/mol. The standard InChI is InChI=1S/C10H9BrN2S/c1-7-6-12-10(14)13(7)9-4-2-8(11)3-5-9/h2-6H,1H3,(H,12,14). The molecule has 0 unspecified atom stereocenters. The van der Waals surface area contributed by atoms with Crippen molar-refractivity contribution in [3.05, 3.63) is 45.4 Å². The Kier molecular flexibility index (Phi) is 2.56. The molecule has 72 valence electrons. The molecule has 0 spiro atoms. The van der Waals surface area contributed by atoms with Crippen LogP contribution < -0.4 is 0 Å². The molecule has 0 aliphatic heterocycles. The zero-order valence-corrected chi connectivity index (χ0v) is 10.0. The van der Waals surface area contributed by atoms with Gasteiger partial charge in [0.05, 0.1) is 0 Å². The molecule has 0 saturated heterocycles. The predicted molar refractivity (Wildman–Crippen MR) is 63.4 cm³/mol. The van der Waals surface area contributed by atoms with E-state index in [-0.39, 0.29) is 0 Å². The lowest BCUT2D eigenvalue weighted by atomic mass is 10.3. The van der Waals surface area contributed by atoms with Gasteiger partial charge in [-0.25, -0.2) is 0 Å². The summed E-state index contributed by atoms with van der Waals surface area (Å²) in [7, 11) is 0. The van der Waals surface area contributed by atoms with Crippen LogP contribution in [0.25, 0.3) is 5.69 Å². The molecule has 2 nitrogen and oxygen atoms in total. The first-order valence-corrected chi connectivity index (χ1v) is 5.41. The van der Waals surface area contributed by atoms with Crippen molar-refractivity contribution >= 4 is 28.1 Å². The third-order valence-corrected chi connectivity index (χ3v) is 2.87. The number of benzene rings is 1. The highest BCUT2D eigenvalue weighted by molar-refractivity contribution is 9.10. The van der Waals surface area contributed by atoms with Crippen LogP contribution in [0.5, 0.6) is 0 Å². The molecule has 0 radical (unpaired) electrons. The highest BCUT2D eigenvalue weighted by Crippen LogP contribution is 2.15. The van der Waals surface area contributed by atoms with E-state index in [1.54, 1.807) is 0 Å². The molecular formula is C10H9BrN2S. The molecule has 0 saturated carbocycles. The van der Waals surface area contributed by atoms with E-state index in [1.165, 1.54) is 0 Å². The minimum absolute atomic E-state index is 0.727. The molecule has 0 amide bonds. The van der Waals surface area contributed by atoms with E-state index in [9.17, 15) is 0 Å². The number of aromatic nitrogens is 2. The van der Waals surface area contributed by atoms with E-state index < -0.39 is 0 Å². The second-order valence-corrected chi connectivity index (χ2v) is 4.35. The van der Waals surface area contributed by atoms with Crippen LogP contribution in [0.2, 0.25) is 0 Å². The maximum Gasteiger partial charge on any atom is 0.182 e. The van der Waals surface area contributed by atoms with Gasteiger partial charge in [0.15, 0.2) is 4.77 Å². The van der Waals surface area contributed by atoms with Gasteiger partial charge in [-0.2, -0.15) is 0 Å². The smallest absolute Gasteiger partial charge is 0.182 e. The Morgan fingerprint density at radius 1 is 1.29 bits per heavy atom. The van der Waals surface area contributed by atoms with Gasteiger partial charge >= 0.3 is 0 Å². The van der Waals surface area contributed by atoms with Gasteiger partial charge in [0.2, 0.25) is 0 Å². The maximum absolute atomic E-state index is 5.18. The molecule has 14 heavy (non-hydrogen) atoms. The van der Waals surface area contributed by atoms with E-state index in [4.69, 9.17) is 12.2 Å². The monoisotopic (exact) mass is 268 g/mol. The van der Waals surface area contributed by atoms with E-state index in [0.29, 0.717) is 0 Å². The number of rotatable bonds is 1. The number of nitrogens with zero attached hydrogens (tertiary/aromatic N) is 1. The Hall–Kier alpha value is -0.870. The molecule has 0 aliphatic rings. The lowest BCUT2D eigenvalue weighted by molar-refractivity contribution is 0.985. The summed E-state index contributed by atoms with van der Waals surface area (Å²) in [6.07, 6.45) is 1.91. The number of aromatic amines is 1. The third-order valence-electron chi connectivity index (χ3n) is 2.05. The van der Waals surface area contributed by atoms with Crippen molar-refractivity contribution < 1.29 is 0 Å². The first-order valence-electron chi connectivity index (χ1n) is 4.21. The molecule has 0 atom stereocenters. The Labute approximate surface area is 95.7 Å². The summed E-state index contributed by atoms with van der Waals surface area (Å²) >= 11 is 8.59. The van der Waals surface area contributed by atoms with Crippen LogP contribution in [0, 0.1) is 11.7 Å². The lowest BCUT2D eigenvalue weighted by Gasteiger charge is -2.04. The molecule has 1 aromatic heterocycles. The number of hydrogen-bond donors (Lipinski definition) is 1. The summed E-state index contributed by atoms with van der Waals surface area (Å²) in [5, 5.41) is 0. The fourth-order valence-electron chi connectivity index (χ4n) is 1.37. The first kappa shape index (κ1) is 9.68. The van der Waals surface area contributed by atoms with Gasteiger partial charge in [-0.3, -0.25) is 4.57 Å². The highest BCUT2D eigenvalue weighted by atomic mass is 79.9. The topological polar surface area (TPSA) is 20.7 Å². The Morgan fingerprint density at radius 2 is 1.93 bits per heavy atom. The van der Waals surface area contributed by atoms with E-state index >= 15 is 0 Å². The molecule has 2 rings (SSSR count). The number of halogens is 1. The van der Waals surface area contributed by atoms with Crippen LogP contribution in [0.4, 0.5) is 0 Å². The summed E-state index contributed by atoms with van der Waals surface area (Å²) in [5.74, 6) is 0. The Morgan fingerprint density at radius 3 is 2.43 bits per heavy atom. The van der Waals surface area contributed by atoms with Gasteiger partial charge in [0, 0.05) is 22.1 Å². The molecule has 1 aromatic carbocycles. The number of nitrogens with one attached hydrogen (secondary N) is 1. The Bertz CT molecular complexity index is 496. The number of aryl methyl sites for hydroxylation is 1. The molecule has 0 aliphatic carbocycles.